The van der Waals surface area contributed by atoms with E-state index in [1.165, 1.54) is 22.3 Å². The maximum atomic E-state index is 12.6. The van der Waals surface area contributed by atoms with E-state index in [0.29, 0.717) is 12.4 Å². The van der Waals surface area contributed by atoms with E-state index >= 15 is 0 Å². The van der Waals surface area contributed by atoms with Gasteiger partial charge in [-0.1, -0.05) is 18.2 Å². The molecule has 0 saturated heterocycles. The summed E-state index contributed by atoms with van der Waals surface area (Å²) in [5.41, 5.74) is 1.14. The average Bonchev–Trinajstić information content (AvgIpc) is 2.82. The molecule has 0 radical (unpaired) electrons. The molecule has 0 amide bonds. The number of nitrogens with zero attached hydrogens (tertiary/aromatic N) is 1. The highest BCUT2D eigenvalue weighted by Crippen LogP contribution is 2.26. The Bertz CT molecular complexity index is 663. The van der Waals surface area contributed by atoms with Crippen molar-refractivity contribution >= 4 is 21.4 Å². The minimum absolute atomic E-state index is 0.470. The first kappa shape index (κ1) is 11.2. The summed E-state index contributed by atoms with van der Waals surface area (Å²) in [5.74, 6) is 0.0787. The van der Waals surface area contributed by atoms with Crippen molar-refractivity contribution in [3.05, 3.63) is 59.5 Å². The summed E-state index contributed by atoms with van der Waals surface area (Å²) in [7, 11) is 0. The number of hydrogen-bond donors (Lipinski definition) is 0. The number of halogens is 1. The van der Waals surface area contributed by atoms with Gasteiger partial charge in [-0.3, -0.25) is 0 Å². The molecule has 0 aliphatic rings. The van der Waals surface area contributed by atoms with Crippen molar-refractivity contribution in [2.45, 2.75) is 6.61 Å². The van der Waals surface area contributed by atoms with Gasteiger partial charge in [0.15, 0.2) is 0 Å². The fraction of sp³-hybridized carbons (Fsp3) is 0.0714. The molecule has 4 heteroatoms. The van der Waals surface area contributed by atoms with E-state index in [0.717, 1.165) is 5.56 Å². The van der Waals surface area contributed by atoms with Crippen LogP contribution >= 0.6 is 11.3 Å². The molecule has 18 heavy (non-hydrogen) atoms. The predicted molar refractivity (Wildman–Crippen MR) is 70.4 cm³/mol. The molecule has 0 bridgehead atoms. The number of hydrogen-bond acceptors (Lipinski definition) is 3. The molecule has 1 aromatic carbocycles. The molecule has 0 aliphatic carbocycles. The molecule has 3 rings (SSSR count). The van der Waals surface area contributed by atoms with Crippen molar-refractivity contribution in [3.8, 4) is 5.75 Å². The lowest BCUT2D eigenvalue weighted by atomic mass is 10.2. The van der Waals surface area contributed by atoms with Crippen LogP contribution in [0.1, 0.15) is 5.56 Å². The fourth-order valence-electron chi connectivity index (χ4n) is 1.75. The molecule has 0 spiro atoms. The van der Waals surface area contributed by atoms with Crippen molar-refractivity contribution in [2.24, 2.45) is 0 Å². The van der Waals surface area contributed by atoms with Crippen molar-refractivity contribution < 1.29 is 9.13 Å². The predicted octanol–water partition coefficient (Wildman–Crippen LogP) is 4.01. The first-order valence-corrected chi connectivity index (χ1v) is 6.40. The van der Waals surface area contributed by atoms with Gasteiger partial charge in [0, 0.05) is 10.3 Å². The number of ether oxygens (including phenoxy) is 1. The van der Waals surface area contributed by atoms with Crippen LogP contribution in [-0.2, 0) is 6.61 Å². The number of thiophene rings is 1. The van der Waals surface area contributed by atoms with E-state index < -0.39 is 5.95 Å². The normalized spacial score (nSPS) is 10.7. The van der Waals surface area contributed by atoms with Gasteiger partial charge in [0.25, 0.3) is 0 Å². The molecular formula is C14H10FNOS. The van der Waals surface area contributed by atoms with Crippen LogP contribution in [0.15, 0.2) is 48.0 Å². The van der Waals surface area contributed by atoms with E-state index in [2.05, 4.69) is 22.5 Å². The topological polar surface area (TPSA) is 22.1 Å². The van der Waals surface area contributed by atoms with Gasteiger partial charge < -0.3 is 4.74 Å². The number of pyridine rings is 1. The van der Waals surface area contributed by atoms with Crippen LogP contribution in [-0.4, -0.2) is 4.98 Å². The van der Waals surface area contributed by atoms with E-state index in [-0.39, 0.29) is 0 Å². The van der Waals surface area contributed by atoms with Crippen LogP contribution in [0.3, 0.4) is 0 Å². The summed E-state index contributed by atoms with van der Waals surface area (Å²) in [6, 6.07) is 11.1. The van der Waals surface area contributed by atoms with Gasteiger partial charge >= 0.3 is 0 Å². The highest BCUT2D eigenvalue weighted by molar-refractivity contribution is 7.17. The summed E-state index contributed by atoms with van der Waals surface area (Å²) in [5, 5.41) is 3.29. The molecule has 3 aromatic rings. The Balaban J connectivity index is 1.79. The van der Waals surface area contributed by atoms with Gasteiger partial charge in [0.2, 0.25) is 5.95 Å². The second kappa shape index (κ2) is 4.74. The third-order valence-electron chi connectivity index (χ3n) is 2.66. The number of rotatable bonds is 3. The fourth-order valence-corrected chi connectivity index (χ4v) is 2.70. The molecule has 2 nitrogen and oxygen atoms in total. The molecular weight excluding hydrogens is 249 g/mol. The van der Waals surface area contributed by atoms with Gasteiger partial charge in [0.1, 0.15) is 12.4 Å². The van der Waals surface area contributed by atoms with E-state index in [9.17, 15) is 4.39 Å². The van der Waals surface area contributed by atoms with Crippen molar-refractivity contribution in [1.82, 2.24) is 4.98 Å². The molecule has 0 unspecified atom stereocenters. The average molecular weight is 259 g/mol. The number of benzene rings is 1. The largest absolute Gasteiger partial charge is 0.487 e. The number of aromatic nitrogens is 1. The van der Waals surface area contributed by atoms with Gasteiger partial charge in [-0.15, -0.1) is 11.3 Å². The first-order chi connectivity index (χ1) is 8.83. The zero-order chi connectivity index (χ0) is 12.4. The zero-order valence-electron chi connectivity index (χ0n) is 9.47. The highest BCUT2D eigenvalue weighted by Gasteiger charge is 2.04. The maximum absolute atomic E-state index is 12.6. The van der Waals surface area contributed by atoms with Crippen LogP contribution in [0, 0.1) is 5.95 Å². The molecule has 90 valence electrons. The van der Waals surface area contributed by atoms with Gasteiger partial charge in [-0.05, 0) is 29.0 Å². The summed E-state index contributed by atoms with van der Waals surface area (Å²) >= 11 is 1.70. The van der Waals surface area contributed by atoms with Gasteiger partial charge in [-0.2, -0.15) is 4.39 Å². The van der Waals surface area contributed by atoms with E-state index in [4.69, 9.17) is 4.74 Å². The third-order valence-corrected chi connectivity index (χ3v) is 3.67. The molecule has 2 heterocycles. The summed E-state index contributed by atoms with van der Waals surface area (Å²) < 4.78 is 19.5. The van der Waals surface area contributed by atoms with Gasteiger partial charge in [0.05, 0.1) is 6.20 Å². The Labute approximate surface area is 108 Å². The van der Waals surface area contributed by atoms with E-state index in [1.807, 2.05) is 12.1 Å². The quantitative estimate of drug-likeness (QED) is 0.663. The Morgan fingerprint density at radius 3 is 2.89 bits per heavy atom. The lowest BCUT2D eigenvalue weighted by Gasteiger charge is -2.04. The molecule has 0 N–H and O–H groups in total. The Hall–Kier alpha value is -1.94. The molecule has 0 aliphatic heterocycles. The Kier molecular flexibility index (Phi) is 2.94. The Morgan fingerprint density at radius 1 is 1.17 bits per heavy atom. The van der Waals surface area contributed by atoms with Crippen LogP contribution in [0.5, 0.6) is 5.75 Å². The second-order valence-electron chi connectivity index (χ2n) is 3.86. The first-order valence-electron chi connectivity index (χ1n) is 5.52. The molecule has 0 saturated carbocycles. The smallest absolute Gasteiger partial charge is 0.213 e. The zero-order valence-corrected chi connectivity index (χ0v) is 10.3. The number of fused-ring (bicyclic) bond motifs is 1. The third kappa shape index (κ3) is 2.19. The minimum atomic E-state index is -0.497. The Morgan fingerprint density at radius 2 is 2.06 bits per heavy atom. The van der Waals surface area contributed by atoms with Crippen molar-refractivity contribution in [2.75, 3.05) is 0 Å². The summed E-state index contributed by atoms with van der Waals surface area (Å²) in [4.78, 5) is 3.55. The summed E-state index contributed by atoms with van der Waals surface area (Å²) in [6.07, 6.45) is 1.39. The molecule has 0 atom stereocenters. The monoisotopic (exact) mass is 259 g/mol. The molecule has 0 fully saturated rings. The highest BCUT2D eigenvalue weighted by atomic mass is 32.1. The van der Waals surface area contributed by atoms with Crippen LogP contribution < -0.4 is 4.74 Å². The summed E-state index contributed by atoms with van der Waals surface area (Å²) in [6.45, 7) is 0.470. The minimum Gasteiger partial charge on any atom is -0.487 e. The van der Waals surface area contributed by atoms with Crippen LogP contribution in [0.2, 0.25) is 0 Å². The van der Waals surface area contributed by atoms with Crippen LogP contribution in [0.4, 0.5) is 4.39 Å². The lowest BCUT2D eigenvalue weighted by Crippen LogP contribution is -1.95. The van der Waals surface area contributed by atoms with E-state index in [1.54, 1.807) is 17.4 Å². The molecule has 2 aromatic heterocycles. The van der Waals surface area contributed by atoms with Crippen molar-refractivity contribution in [3.63, 3.8) is 0 Å². The SMILES string of the molecule is Fc1ccc(OCc2csc3ccccc23)cn1. The van der Waals surface area contributed by atoms with Gasteiger partial charge in [-0.25, -0.2) is 4.98 Å². The van der Waals surface area contributed by atoms with Crippen LogP contribution in [0.25, 0.3) is 10.1 Å². The lowest BCUT2D eigenvalue weighted by molar-refractivity contribution is 0.306. The van der Waals surface area contributed by atoms with Crippen molar-refractivity contribution in [1.29, 1.82) is 0 Å². The maximum Gasteiger partial charge on any atom is 0.213 e. The standard InChI is InChI=1S/C14H10FNOS/c15-14-6-5-11(7-16-14)17-8-10-9-18-13-4-2-1-3-12(10)13/h1-7,9H,8H2. The second-order valence-corrected chi connectivity index (χ2v) is 4.77.